The fraction of sp³-hybridized carbons (Fsp3) is 0.231. The minimum Gasteiger partial charge on any atom is -0.361 e. The van der Waals surface area contributed by atoms with Crippen molar-refractivity contribution in [2.24, 2.45) is 0 Å². The van der Waals surface area contributed by atoms with Gasteiger partial charge in [-0.05, 0) is 13.0 Å². The number of halogens is 3. The zero-order chi connectivity index (χ0) is 14.3. The van der Waals surface area contributed by atoms with E-state index >= 15 is 0 Å². The van der Waals surface area contributed by atoms with Crippen molar-refractivity contribution in [3.05, 3.63) is 46.3 Å². The van der Waals surface area contributed by atoms with Crippen LogP contribution in [0.15, 0.2) is 22.7 Å². The van der Waals surface area contributed by atoms with Crippen molar-refractivity contribution in [2.45, 2.75) is 19.3 Å². The Morgan fingerprint density at radius 3 is 2.80 bits per heavy atom. The van der Waals surface area contributed by atoms with Crippen molar-refractivity contribution in [1.82, 2.24) is 14.7 Å². The van der Waals surface area contributed by atoms with Gasteiger partial charge in [-0.2, -0.15) is 0 Å². The first-order chi connectivity index (χ1) is 9.58. The molecular formula is C13H10Cl2FN3O. The largest absolute Gasteiger partial charge is 0.361 e. The second kappa shape index (κ2) is 5.07. The Morgan fingerprint density at radius 1 is 1.35 bits per heavy atom. The SMILES string of the molecule is Cc1cc(Cn2c(CCl)nc3cc(F)c(Cl)cc32)no1. The number of imidazole rings is 1. The molecule has 4 nitrogen and oxygen atoms in total. The van der Waals surface area contributed by atoms with Gasteiger partial charge in [0, 0.05) is 12.1 Å². The number of hydrogen-bond donors (Lipinski definition) is 0. The van der Waals surface area contributed by atoms with E-state index in [1.165, 1.54) is 6.07 Å². The highest BCUT2D eigenvalue weighted by Gasteiger charge is 2.14. The third-order valence-corrected chi connectivity index (χ3v) is 3.51. The number of rotatable bonds is 3. The molecule has 0 bridgehead atoms. The fourth-order valence-corrected chi connectivity index (χ4v) is 2.46. The Morgan fingerprint density at radius 2 is 2.15 bits per heavy atom. The van der Waals surface area contributed by atoms with Crippen LogP contribution in [0.4, 0.5) is 4.39 Å². The van der Waals surface area contributed by atoms with Gasteiger partial charge in [-0.15, -0.1) is 11.6 Å². The molecule has 0 atom stereocenters. The van der Waals surface area contributed by atoms with Crippen LogP contribution in [0.5, 0.6) is 0 Å². The zero-order valence-electron chi connectivity index (χ0n) is 10.5. The van der Waals surface area contributed by atoms with Crippen LogP contribution in [0.2, 0.25) is 5.02 Å². The summed E-state index contributed by atoms with van der Waals surface area (Å²) in [6.45, 7) is 2.26. The fourth-order valence-electron chi connectivity index (χ4n) is 2.10. The molecule has 0 unspecified atom stereocenters. The molecule has 1 aromatic carbocycles. The standard InChI is InChI=1S/C13H10Cl2FN3O/c1-7-2-8(18-20-7)6-19-12-3-9(15)10(16)4-11(12)17-13(19)5-14/h2-4H,5-6H2,1H3. The van der Waals surface area contributed by atoms with Gasteiger partial charge in [0.2, 0.25) is 0 Å². The third-order valence-electron chi connectivity index (χ3n) is 2.99. The summed E-state index contributed by atoms with van der Waals surface area (Å²) in [5.74, 6) is 1.07. The molecule has 3 aromatic rings. The zero-order valence-corrected chi connectivity index (χ0v) is 12.0. The maximum absolute atomic E-state index is 13.5. The van der Waals surface area contributed by atoms with E-state index in [-0.39, 0.29) is 10.9 Å². The molecule has 7 heteroatoms. The molecule has 0 aliphatic heterocycles. The smallest absolute Gasteiger partial charge is 0.144 e. The first-order valence-corrected chi connectivity index (χ1v) is 6.82. The van der Waals surface area contributed by atoms with Gasteiger partial charge in [0.25, 0.3) is 0 Å². The van der Waals surface area contributed by atoms with Crippen LogP contribution >= 0.6 is 23.2 Å². The minimum absolute atomic E-state index is 0.0519. The Labute approximate surface area is 124 Å². The predicted molar refractivity (Wildman–Crippen MR) is 74.6 cm³/mol. The highest BCUT2D eigenvalue weighted by atomic mass is 35.5. The van der Waals surface area contributed by atoms with Gasteiger partial charge in [0.05, 0.1) is 28.5 Å². The Hall–Kier alpha value is -1.59. The highest BCUT2D eigenvalue weighted by Crippen LogP contribution is 2.25. The van der Waals surface area contributed by atoms with E-state index in [2.05, 4.69) is 10.1 Å². The van der Waals surface area contributed by atoms with Crippen LogP contribution < -0.4 is 0 Å². The summed E-state index contributed by atoms with van der Waals surface area (Å²) in [4.78, 5) is 4.31. The first-order valence-electron chi connectivity index (χ1n) is 5.91. The molecule has 2 aromatic heterocycles. The van der Waals surface area contributed by atoms with Gasteiger partial charge < -0.3 is 9.09 Å². The molecule has 0 saturated heterocycles. The topological polar surface area (TPSA) is 43.9 Å². The van der Waals surface area contributed by atoms with Crippen LogP contribution in [0.25, 0.3) is 11.0 Å². The second-order valence-corrected chi connectivity index (χ2v) is 5.11. The number of aryl methyl sites for hydroxylation is 1. The van der Waals surface area contributed by atoms with Gasteiger partial charge in [0.1, 0.15) is 23.1 Å². The van der Waals surface area contributed by atoms with Crippen molar-refractivity contribution in [1.29, 1.82) is 0 Å². The summed E-state index contributed by atoms with van der Waals surface area (Å²) in [6, 6.07) is 4.68. The van der Waals surface area contributed by atoms with Crippen molar-refractivity contribution >= 4 is 34.2 Å². The Bertz CT molecular complexity index is 781. The maximum Gasteiger partial charge on any atom is 0.144 e. The first kappa shape index (κ1) is 13.4. The summed E-state index contributed by atoms with van der Waals surface area (Å²) in [7, 11) is 0. The molecule has 3 rings (SSSR count). The summed E-state index contributed by atoms with van der Waals surface area (Å²) in [6.07, 6.45) is 0. The van der Waals surface area contributed by atoms with Crippen molar-refractivity contribution in [3.63, 3.8) is 0 Å². The molecule has 0 fully saturated rings. The van der Waals surface area contributed by atoms with Gasteiger partial charge in [-0.25, -0.2) is 9.37 Å². The van der Waals surface area contributed by atoms with Crippen LogP contribution in [-0.4, -0.2) is 14.7 Å². The van der Waals surface area contributed by atoms with E-state index in [1.807, 2.05) is 17.6 Å². The average Bonchev–Trinajstić information content (AvgIpc) is 2.96. The van der Waals surface area contributed by atoms with Crippen molar-refractivity contribution < 1.29 is 8.91 Å². The second-order valence-electron chi connectivity index (χ2n) is 4.43. The molecule has 0 aliphatic rings. The lowest BCUT2D eigenvalue weighted by molar-refractivity contribution is 0.389. The molecule has 0 N–H and O–H groups in total. The molecule has 0 aliphatic carbocycles. The number of hydrogen-bond acceptors (Lipinski definition) is 3. The van der Waals surface area contributed by atoms with E-state index < -0.39 is 5.82 Å². The highest BCUT2D eigenvalue weighted by molar-refractivity contribution is 6.31. The van der Waals surface area contributed by atoms with E-state index in [9.17, 15) is 4.39 Å². The Kier molecular flexibility index (Phi) is 3.40. The molecule has 0 spiro atoms. The molecule has 20 heavy (non-hydrogen) atoms. The van der Waals surface area contributed by atoms with E-state index in [1.54, 1.807) is 6.07 Å². The van der Waals surface area contributed by atoms with Crippen LogP contribution in [0.1, 0.15) is 17.3 Å². The number of alkyl halides is 1. The lowest BCUT2D eigenvalue weighted by Gasteiger charge is -2.05. The lowest BCUT2D eigenvalue weighted by Crippen LogP contribution is -2.04. The molecule has 0 amide bonds. The van der Waals surface area contributed by atoms with E-state index in [0.717, 1.165) is 11.5 Å². The Balaban J connectivity index is 2.14. The summed E-state index contributed by atoms with van der Waals surface area (Å²) >= 11 is 11.7. The number of benzene rings is 1. The van der Waals surface area contributed by atoms with Crippen molar-refractivity contribution in [2.75, 3.05) is 0 Å². The van der Waals surface area contributed by atoms with Crippen LogP contribution in [-0.2, 0) is 12.4 Å². The minimum atomic E-state index is -0.498. The van der Waals surface area contributed by atoms with E-state index in [4.69, 9.17) is 27.7 Å². The van der Waals surface area contributed by atoms with Crippen molar-refractivity contribution in [3.8, 4) is 0 Å². The van der Waals surface area contributed by atoms with Gasteiger partial charge >= 0.3 is 0 Å². The summed E-state index contributed by atoms with van der Waals surface area (Å²) in [5, 5.41) is 3.99. The molecule has 2 heterocycles. The van der Waals surface area contributed by atoms with Gasteiger partial charge in [-0.1, -0.05) is 16.8 Å². The normalized spacial score (nSPS) is 11.4. The molecular weight excluding hydrogens is 304 g/mol. The molecule has 104 valence electrons. The maximum atomic E-state index is 13.5. The lowest BCUT2D eigenvalue weighted by atomic mass is 10.3. The predicted octanol–water partition coefficient (Wildman–Crippen LogP) is 3.91. The van der Waals surface area contributed by atoms with E-state index in [0.29, 0.717) is 23.4 Å². The number of nitrogens with zero attached hydrogens (tertiary/aromatic N) is 3. The third kappa shape index (κ3) is 2.27. The molecule has 0 radical (unpaired) electrons. The number of fused-ring (bicyclic) bond motifs is 1. The monoisotopic (exact) mass is 313 g/mol. The number of aromatic nitrogens is 3. The van der Waals surface area contributed by atoms with Gasteiger partial charge in [0.15, 0.2) is 0 Å². The summed E-state index contributed by atoms with van der Waals surface area (Å²) in [5.41, 5.74) is 1.98. The molecule has 0 saturated carbocycles. The summed E-state index contributed by atoms with van der Waals surface area (Å²) < 4.78 is 20.4. The quantitative estimate of drug-likeness (QED) is 0.688. The van der Waals surface area contributed by atoms with Gasteiger partial charge in [-0.3, -0.25) is 0 Å². The van der Waals surface area contributed by atoms with Crippen LogP contribution in [0, 0.1) is 12.7 Å². The average molecular weight is 314 g/mol. The van der Waals surface area contributed by atoms with Crippen LogP contribution in [0.3, 0.4) is 0 Å².